The maximum absolute atomic E-state index is 5.78. The van der Waals surface area contributed by atoms with Gasteiger partial charge in [0.15, 0.2) is 0 Å². The third kappa shape index (κ3) is 2.33. The highest BCUT2D eigenvalue weighted by atomic mass is 79.9. The summed E-state index contributed by atoms with van der Waals surface area (Å²) < 4.78 is 1.16. The lowest BCUT2D eigenvalue weighted by Gasteiger charge is -2.03. The van der Waals surface area contributed by atoms with Crippen molar-refractivity contribution in [2.45, 2.75) is 26.7 Å². The molecule has 0 radical (unpaired) electrons. The molecule has 0 aromatic heterocycles. The van der Waals surface area contributed by atoms with Crippen LogP contribution >= 0.6 is 15.9 Å². The van der Waals surface area contributed by atoms with E-state index in [0.717, 1.165) is 22.9 Å². The van der Waals surface area contributed by atoms with E-state index < -0.39 is 0 Å². The first-order chi connectivity index (χ1) is 7.55. The molecule has 0 bridgehead atoms. The zero-order valence-electron chi connectivity index (χ0n) is 10.0. The van der Waals surface area contributed by atoms with E-state index in [1.54, 1.807) is 0 Å². The topological polar surface area (TPSA) is 26.0 Å². The van der Waals surface area contributed by atoms with Gasteiger partial charge in [0.2, 0.25) is 0 Å². The molecule has 0 amide bonds. The Morgan fingerprint density at radius 1 is 1.19 bits per heavy atom. The first kappa shape index (κ1) is 12.1. The lowest BCUT2D eigenvalue weighted by atomic mass is 10.0. The molecule has 2 rings (SSSR count). The number of hydrogen-bond acceptors (Lipinski definition) is 1. The fourth-order valence-corrected chi connectivity index (χ4v) is 3.14. The summed E-state index contributed by atoms with van der Waals surface area (Å²) in [5.41, 5.74) is 7.69. The van der Waals surface area contributed by atoms with Gasteiger partial charge in [0.25, 0.3) is 0 Å². The second kappa shape index (κ2) is 4.50. The first-order valence-electron chi connectivity index (χ1n) is 6.00. The minimum Gasteiger partial charge on any atom is -0.330 e. The Bertz CT molecular complexity index is 356. The normalized spacial score (nSPS) is 26.8. The van der Waals surface area contributed by atoms with Crippen molar-refractivity contribution in [3.63, 3.8) is 0 Å². The van der Waals surface area contributed by atoms with Crippen molar-refractivity contribution in [3.05, 3.63) is 34.3 Å². The van der Waals surface area contributed by atoms with Gasteiger partial charge in [0.1, 0.15) is 0 Å². The van der Waals surface area contributed by atoms with Crippen molar-refractivity contribution in [1.29, 1.82) is 0 Å². The average molecular weight is 282 g/mol. The summed E-state index contributed by atoms with van der Waals surface area (Å²) in [7, 11) is 0. The van der Waals surface area contributed by atoms with Crippen molar-refractivity contribution in [2.75, 3.05) is 6.54 Å². The zero-order valence-corrected chi connectivity index (χ0v) is 11.6. The van der Waals surface area contributed by atoms with Crippen LogP contribution in [0.4, 0.5) is 0 Å². The largest absolute Gasteiger partial charge is 0.330 e. The molecule has 2 unspecified atom stereocenters. The molecule has 2 heteroatoms. The molecule has 1 aliphatic rings. The molecular weight excluding hydrogens is 262 g/mol. The predicted molar refractivity (Wildman–Crippen MR) is 72.3 cm³/mol. The summed E-state index contributed by atoms with van der Waals surface area (Å²) in [4.78, 5) is 0. The fourth-order valence-electron chi connectivity index (χ4n) is 2.87. The van der Waals surface area contributed by atoms with Gasteiger partial charge in [0, 0.05) is 4.47 Å². The highest BCUT2D eigenvalue weighted by Gasteiger charge is 2.55. The lowest BCUT2D eigenvalue weighted by molar-refractivity contribution is 0.522. The van der Waals surface area contributed by atoms with Crippen LogP contribution in [0.15, 0.2) is 28.7 Å². The number of rotatable bonds is 4. The smallest absolute Gasteiger partial charge is 0.0175 e. The highest BCUT2D eigenvalue weighted by molar-refractivity contribution is 9.10. The van der Waals surface area contributed by atoms with Crippen LogP contribution < -0.4 is 5.73 Å². The van der Waals surface area contributed by atoms with Crippen molar-refractivity contribution >= 4 is 15.9 Å². The molecule has 1 fully saturated rings. The Kier molecular flexibility index (Phi) is 3.41. The van der Waals surface area contributed by atoms with Crippen molar-refractivity contribution in [1.82, 2.24) is 0 Å². The predicted octanol–water partition coefficient (Wildman–Crippen LogP) is 3.61. The van der Waals surface area contributed by atoms with Crippen LogP contribution in [0.5, 0.6) is 0 Å². The van der Waals surface area contributed by atoms with E-state index in [1.807, 2.05) is 0 Å². The standard InChI is InChI=1S/C14H20BrN/c1-14(2)12(13(14)9-16)8-5-10-3-6-11(15)7-4-10/h3-4,6-7,12-13H,5,8-9,16H2,1-2H3. The van der Waals surface area contributed by atoms with E-state index in [4.69, 9.17) is 5.73 Å². The number of nitrogens with two attached hydrogens (primary N) is 1. The molecule has 1 saturated carbocycles. The zero-order chi connectivity index (χ0) is 11.8. The van der Waals surface area contributed by atoms with Crippen molar-refractivity contribution in [2.24, 2.45) is 23.0 Å². The van der Waals surface area contributed by atoms with Crippen LogP contribution in [0.25, 0.3) is 0 Å². The second-order valence-corrected chi connectivity index (χ2v) is 6.35. The van der Waals surface area contributed by atoms with Gasteiger partial charge in [0.05, 0.1) is 0 Å². The maximum Gasteiger partial charge on any atom is 0.0175 e. The average Bonchev–Trinajstić information content (AvgIpc) is 2.79. The van der Waals surface area contributed by atoms with E-state index in [9.17, 15) is 0 Å². The molecule has 1 aliphatic carbocycles. The highest BCUT2D eigenvalue weighted by Crippen LogP contribution is 2.59. The van der Waals surface area contributed by atoms with Crippen LogP contribution in [0.1, 0.15) is 25.8 Å². The molecule has 2 atom stereocenters. The second-order valence-electron chi connectivity index (χ2n) is 5.44. The van der Waals surface area contributed by atoms with E-state index >= 15 is 0 Å². The Morgan fingerprint density at radius 2 is 1.81 bits per heavy atom. The molecule has 88 valence electrons. The third-order valence-corrected chi connectivity index (χ3v) is 4.73. The summed E-state index contributed by atoms with van der Waals surface area (Å²) in [5.74, 6) is 1.56. The van der Waals surface area contributed by atoms with Crippen LogP contribution in [0.3, 0.4) is 0 Å². The lowest BCUT2D eigenvalue weighted by Crippen LogP contribution is -2.05. The van der Waals surface area contributed by atoms with Gasteiger partial charge < -0.3 is 5.73 Å². The minimum absolute atomic E-state index is 0.476. The van der Waals surface area contributed by atoms with Crippen LogP contribution in [-0.2, 0) is 6.42 Å². The van der Waals surface area contributed by atoms with Gasteiger partial charge >= 0.3 is 0 Å². The molecule has 0 spiro atoms. The monoisotopic (exact) mass is 281 g/mol. The molecule has 0 saturated heterocycles. The SMILES string of the molecule is CC1(C)C(CN)C1CCc1ccc(Br)cc1. The number of aryl methyl sites for hydroxylation is 1. The molecule has 0 heterocycles. The molecule has 0 aliphatic heterocycles. The van der Waals surface area contributed by atoms with Crippen molar-refractivity contribution < 1.29 is 0 Å². The van der Waals surface area contributed by atoms with Gasteiger partial charge in [-0.2, -0.15) is 0 Å². The van der Waals surface area contributed by atoms with E-state index in [0.29, 0.717) is 5.41 Å². The number of benzene rings is 1. The van der Waals surface area contributed by atoms with Crippen molar-refractivity contribution in [3.8, 4) is 0 Å². The Morgan fingerprint density at radius 3 is 2.31 bits per heavy atom. The summed E-state index contributed by atoms with van der Waals surface area (Å²) in [6.07, 6.45) is 2.45. The maximum atomic E-state index is 5.78. The molecule has 1 nitrogen and oxygen atoms in total. The Labute approximate surface area is 107 Å². The third-order valence-electron chi connectivity index (χ3n) is 4.20. The van der Waals surface area contributed by atoms with Crippen LogP contribution in [-0.4, -0.2) is 6.54 Å². The molecule has 1 aromatic rings. The van der Waals surface area contributed by atoms with E-state index in [-0.39, 0.29) is 0 Å². The van der Waals surface area contributed by atoms with Crippen LogP contribution in [0.2, 0.25) is 0 Å². The van der Waals surface area contributed by atoms with Gasteiger partial charge in [-0.1, -0.05) is 41.9 Å². The minimum atomic E-state index is 0.476. The summed E-state index contributed by atoms with van der Waals surface area (Å²) in [6, 6.07) is 8.65. The Hall–Kier alpha value is -0.340. The quantitative estimate of drug-likeness (QED) is 0.897. The Balaban J connectivity index is 1.87. The number of halogens is 1. The molecule has 2 N–H and O–H groups in total. The number of hydrogen-bond donors (Lipinski definition) is 1. The van der Waals surface area contributed by atoms with Crippen LogP contribution in [0, 0.1) is 17.3 Å². The van der Waals surface area contributed by atoms with Gasteiger partial charge in [-0.15, -0.1) is 0 Å². The fraction of sp³-hybridized carbons (Fsp3) is 0.571. The summed E-state index contributed by atoms with van der Waals surface area (Å²) in [6.45, 7) is 5.53. The molecule has 16 heavy (non-hydrogen) atoms. The molecule has 1 aromatic carbocycles. The van der Waals surface area contributed by atoms with Gasteiger partial charge in [-0.05, 0) is 54.3 Å². The van der Waals surface area contributed by atoms with Gasteiger partial charge in [-0.25, -0.2) is 0 Å². The first-order valence-corrected chi connectivity index (χ1v) is 6.79. The molecular formula is C14H20BrN. The summed E-state index contributed by atoms with van der Waals surface area (Å²) >= 11 is 3.46. The van der Waals surface area contributed by atoms with E-state index in [2.05, 4.69) is 54.0 Å². The van der Waals surface area contributed by atoms with E-state index in [1.165, 1.54) is 18.4 Å². The summed E-state index contributed by atoms with van der Waals surface area (Å²) in [5, 5.41) is 0. The van der Waals surface area contributed by atoms with Gasteiger partial charge in [-0.3, -0.25) is 0 Å².